The van der Waals surface area contributed by atoms with E-state index in [0.29, 0.717) is 6.07 Å². The van der Waals surface area contributed by atoms with Crippen LogP contribution in [0.1, 0.15) is 5.56 Å². The lowest BCUT2D eigenvalue weighted by Gasteiger charge is -2.08. The average Bonchev–Trinajstić information content (AvgIpc) is 2.27. The van der Waals surface area contributed by atoms with E-state index < -0.39 is 27.9 Å². The third-order valence-corrected chi connectivity index (χ3v) is 3.00. The van der Waals surface area contributed by atoms with Crippen molar-refractivity contribution < 1.29 is 18.1 Å². The summed E-state index contributed by atoms with van der Waals surface area (Å²) in [7, 11) is 0. The Hall–Kier alpha value is -1.90. The first kappa shape index (κ1) is 13.5. The van der Waals surface area contributed by atoms with Crippen molar-refractivity contribution in [2.24, 2.45) is 0 Å². The average molecular weight is 337 g/mol. The number of rotatable bonds is 1. The fourth-order valence-corrected chi connectivity index (χ4v) is 1.93. The number of H-pyrrole nitrogens is 1. The van der Waals surface area contributed by atoms with E-state index in [-0.39, 0.29) is 15.4 Å². The molecule has 100 valence electrons. The number of halogens is 4. The van der Waals surface area contributed by atoms with Crippen molar-refractivity contribution in [3.05, 3.63) is 48.7 Å². The smallest absolute Gasteiger partial charge is 0.315 e. The molecule has 1 N–H and O–H groups in total. The minimum Gasteiger partial charge on any atom is -0.315 e. The SMILES string of the molecule is O=c1[nH]c2c([N+](=O)[O-])cc(C(F)(F)F)cc2cc1Br. The summed E-state index contributed by atoms with van der Waals surface area (Å²) in [6.45, 7) is 0. The molecule has 1 aromatic carbocycles. The predicted octanol–water partition coefficient (Wildman–Crippen LogP) is 3.22. The van der Waals surface area contributed by atoms with E-state index >= 15 is 0 Å². The number of nitrogens with zero attached hydrogens (tertiary/aromatic N) is 1. The molecule has 0 amide bonds. The number of non-ortho nitro benzene ring substituents is 1. The lowest BCUT2D eigenvalue weighted by molar-refractivity contribution is -0.383. The first-order valence-electron chi connectivity index (χ1n) is 4.78. The molecule has 2 rings (SSSR count). The van der Waals surface area contributed by atoms with E-state index in [1.807, 2.05) is 0 Å². The van der Waals surface area contributed by atoms with Gasteiger partial charge in [0.1, 0.15) is 5.52 Å². The number of benzene rings is 1. The second kappa shape index (κ2) is 4.34. The molecule has 0 bridgehead atoms. The summed E-state index contributed by atoms with van der Waals surface area (Å²) < 4.78 is 37.9. The molecule has 0 unspecified atom stereocenters. The Labute approximate surface area is 111 Å². The highest BCUT2D eigenvalue weighted by molar-refractivity contribution is 9.10. The van der Waals surface area contributed by atoms with Crippen molar-refractivity contribution in [1.82, 2.24) is 4.98 Å². The third kappa shape index (κ3) is 2.46. The van der Waals surface area contributed by atoms with Crippen LogP contribution in [0.15, 0.2) is 27.5 Å². The van der Waals surface area contributed by atoms with Crippen LogP contribution in [0.25, 0.3) is 10.9 Å². The largest absolute Gasteiger partial charge is 0.416 e. The normalized spacial score (nSPS) is 11.8. The summed E-state index contributed by atoms with van der Waals surface area (Å²) in [6, 6.07) is 2.24. The lowest BCUT2D eigenvalue weighted by atomic mass is 10.1. The number of aromatic nitrogens is 1. The van der Waals surface area contributed by atoms with Crippen LogP contribution >= 0.6 is 15.9 Å². The molecule has 0 fully saturated rings. The molecule has 19 heavy (non-hydrogen) atoms. The fourth-order valence-electron chi connectivity index (χ4n) is 1.58. The summed E-state index contributed by atoms with van der Waals surface area (Å²) >= 11 is 2.86. The molecule has 9 heteroatoms. The molecule has 0 atom stereocenters. The number of pyridine rings is 1. The van der Waals surface area contributed by atoms with E-state index in [2.05, 4.69) is 20.9 Å². The maximum Gasteiger partial charge on any atom is 0.416 e. The van der Waals surface area contributed by atoms with Crippen molar-refractivity contribution in [3.63, 3.8) is 0 Å². The van der Waals surface area contributed by atoms with Gasteiger partial charge >= 0.3 is 6.18 Å². The molecule has 0 saturated heterocycles. The van der Waals surface area contributed by atoms with Crippen LogP contribution in [-0.4, -0.2) is 9.91 Å². The number of alkyl halides is 3. The summed E-state index contributed by atoms with van der Waals surface area (Å²) in [5.74, 6) is 0. The van der Waals surface area contributed by atoms with Gasteiger partial charge in [0, 0.05) is 11.5 Å². The van der Waals surface area contributed by atoms with E-state index in [4.69, 9.17) is 0 Å². The van der Waals surface area contributed by atoms with Gasteiger partial charge in [-0.05, 0) is 28.1 Å². The molecule has 0 radical (unpaired) electrons. The molecule has 1 aromatic heterocycles. The predicted molar refractivity (Wildman–Crippen MR) is 63.9 cm³/mol. The molecule has 1 heterocycles. The van der Waals surface area contributed by atoms with Crippen LogP contribution in [0.3, 0.4) is 0 Å². The number of hydrogen-bond acceptors (Lipinski definition) is 3. The van der Waals surface area contributed by atoms with Gasteiger partial charge in [-0.3, -0.25) is 14.9 Å². The van der Waals surface area contributed by atoms with Crippen molar-refractivity contribution in [1.29, 1.82) is 0 Å². The highest BCUT2D eigenvalue weighted by Gasteiger charge is 2.33. The van der Waals surface area contributed by atoms with Crippen molar-refractivity contribution >= 4 is 32.5 Å². The van der Waals surface area contributed by atoms with Crippen LogP contribution in [0.5, 0.6) is 0 Å². The molecule has 0 saturated carbocycles. The Bertz CT molecular complexity index is 739. The van der Waals surface area contributed by atoms with Crippen molar-refractivity contribution in [3.8, 4) is 0 Å². The van der Waals surface area contributed by atoms with Crippen LogP contribution in [0.4, 0.5) is 18.9 Å². The van der Waals surface area contributed by atoms with Gasteiger partial charge in [-0.25, -0.2) is 0 Å². The van der Waals surface area contributed by atoms with Gasteiger partial charge < -0.3 is 4.98 Å². The number of nitro benzene ring substituents is 1. The van der Waals surface area contributed by atoms with Crippen LogP contribution in [-0.2, 0) is 6.18 Å². The number of fused-ring (bicyclic) bond motifs is 1. The molecule has 0 aliphatic heterocycles. The van der Waals surface area contributed by atoms with Crippen LogP contribution in [0.2, 0.25) is 0 Å². The minimum atomic E-state index is -4.71. The number of aromatic amines is 1. The van der Waals surface area contributed by atoms with E-state index in [9.17, 15) is 28.1 Å². The van der Waals surface area contributed by atoms with Gasteiger partial charge in [-0.2, -0.15) is 13.2 Å². The van der Waals surface area contributed by atoms with Gasteiger partial charge in [-0.15, -0.1) is 0 Å². The number of hydrogen-bond donors (Lipinski definition) is 1. The van der Waals surface area contributed by atoms with Gasteiger partial charge in [0.15, 0.2) is 0 Å². The fraction of sp³-hybridized carbons (Fsp3) is 0.100. The Morgan fingerprint density at radius 3 is 2.42 bits per heavy atom. The van der Waals surface area contributed by atoms with Gasteiger partial charge in [0.2, 0.25) is 0 Å². The number of nitrogens with one attached hydrogen (secondary N) is 1. The third-order valence-electron chi connectivity index (χ3n) is 2.41. The van der Waals surface area contributed by atoms with Gasteiger partial charge in [-0.1, -0.05) is 0 Å². The first-order valence-corrected chi connectivity index (χ1v) is 5.57. The molecular weight excluding hydrogens is 333 g/mol. The second-order valence-electron chi connectivity index (χ2n) is 3.66. The maximum atomic E-state index is 12.6. The first-order chi connectivity index (χ1) is 8.70. The summed E-state index contributed by atoms with van der Waals surface area (Å²) in [5, 5.41) is 10.7. The molecule has 2 aromatic rings. The molecule has 5 nitrogen and oxygen atoms in total. The van der Waals surface area contributed by atoms with Crippen LogP contribution < -0.4 is 5.56 Å². The van der Waals surface area contributed by atoms with Crippen molar-refractivity contribution in [2.45, 2.75) is 6.18 Å². The monoisotopic (exact) mass is 336 g/mol. The molecule has 0 aliphatic rings. The summed E-state index contributed by atoms with van der Waals surface area (Å²) in [6.07, 6.45) is -4.71. The number of nitro groups is 1. The van der Waals surface area contributed by atoms with E-state index in [1.54, 1.807) is 0 Å². The highest BCUT2D eigenvalue weighted by atomic mass is 79.9. The maximum absolute atomic E-state index is 12.6. The standard InChI is InChI=1S/C10H4BrF3N2O3/c11-6-2-4-1-5(10(12,13)14)3-7(16(18)19)8(4)15-9(6)17/h1-3H,(H,15,17). The van der Waals surface area contributed by atoms with Gasteiger partial charge in [0.05, 0.1) is 15.0 Å². The second-order valence-corrected chi connectivity index (χ2v) is 4.52. The Morgan fingerprint density at radius 2 is 1.89 bits per heavy atom. The van der Waals surface area contributed by atoms with E-state index in [1.165, 1.54) is 0 Å². The van der Waals surface area contributed by atoms with E-state index in [0.717, 1.165) is 12.1 Å². The zero-order chi connectivity index (χ0) is 14.4. The van der Waals surface area contributed by atoms with Crippen molar-refractivity contribution in [2.75, 3.05) is 0 Å². The summed E-state index contributed by atoms with van der Waals surface area (Å²) in [5.41, 5.74) is -2.85. The summed E-state index contributed by atoms with van der Waals surface area (Å²) in [4.78, 5) is 23.3. The van der Waals surface area contributed by atoms with Gasteiger partial charge in [0.25, 0.3) is 11.2 Å². The topological polar surface area (TPSA) is 76.0 Å². The van der Waals surface area contributed by atoms with Crippen LogP contribution in [0, 0.1) is 10.1 Å². The zero-order valence-corrected chi connectivity index (χ0v) is 10.5. The highest BCUT2D eigenvalue weighted by Crippen LogP contribution is 2.35. The Balaban J connectivity index is 2.92. The minimum absolute atomic E-state index is 0.00591. The molecule has 0 aliphatic carbocycles. The Kier molecular flexibility index (Phi) is 3.09. The molecular formula is C10H4BrF3N2O3. The zero-order valence-electron chi connectivity index (χ0n) is 8.92. The lowest BCUT2D eigenvalue weighted by Crippen LogP contribution is -2.10. The Morgan fingerprint density at radius 1 is 1.26 bits per heavy atom. The quantitative estimate of drug-likeness (QED) is 0.641. The molecule has 0 spiro atoms.